The van der Waals surface area contributed by atoms with E-state index in [0.29, 0.717) is 6.54 Å². The Morgan fingerprint density at radius 3 is 2.91 bits per heavy atom. The molecule has 0 aliphatic carbocycles. The number of nitrogens with two attached hydrogens (primary N) is 1. The lowest BCUT2D eigenvalue weighted by Crippen LogP contribution is -2.53. The monoisotopic (exact) mass is 304 g/mol. The third-order valence-corrected chi connectivity index (χ3v) is 3.96. The van der Waals surface area contributed by atoms with Gasteiger partial charge in [0.1, 0.15) is 0 Å². The fraction of sp³-hybridized carbons (Fsp3) is 0.500. The van der Waals surface area contributed by atoms with Crippen LogP contribution in [-0.4, -0.2) is 42.5 Å². The van der Waals surface area contributed by atoms with Crippen LogP contribution in [-0.2, 0) is 4.79 Å². The Morgan fingerprint density at radius 1 is 1.50 bits per heavy atom. The molecule has 0 spiro atoms. The number of nitrogens with one attached hydrogen (secondary N) is 2. The lowest BCUT2D eigenvalue weighted by molar-refractivity contribution is -0.134. The first-order valence-electron chi connectivity index (χ1n) is 7.60. The number of hydrogen-bond acceptors (Lipinski definition) is 3. The van der Waals surface area contributed by atoms with Gasteiger partial charge in [-0.05, 0) is 19.4 Å². The molecule has 2 rings (SSSR count). The summed E-state index contributed by atoms with van der Waals surface area (Å²) in [5.41, 5.74) is 7.24. The number of piperazine rings is 1. The minimum atomic E-state index is -0.618. The Hall–Kier alpha value is -2.08. The standard InChI is InChI=1S/C16H24N4O2/c1-11-4-3-5-13(8-11)14(19-16(17)22)9-15(21)20-7-6-18-10-12(20)2/h3-5,8,12,14,18H,6-7,9-10H2,1-2H3,(H3,17,19,22)/t12-,14?/m1/s1. The van der Waals surface area contributed by atoms with E-state index in [2.05, 4.69) is 10.6 Å². The first kappa shape index (κ1) is 16.3. The van der Waals surface area contributed by atoms with E-state index >= 15 is 0 Å². The summed E-state index contributed by atoms with van der Waals surface area (Å²) in [4.78, 5) is 25.7. The van der Waals surface area contributed by atoms with Crippen molar-refractivity contribution in [2.75, 3.05) is 19.6 Å². The largest absolute Gasteiger partial charge is 0.352 e. The van der Waals surface area contributed by atoms with Crippen LogP contribution in [0.5, 0.6) is 0 Å². The zero-order valence-electron chi connectivity index (χ0n) is 13.1. The Balaban J connectivity index is 2.12. The van der Waals surface area contributed by atoms with Gasteiger partial charge in [0.15, 0.2) is 0 Å². The fourth-order valence-electron chi connectivity index (χ4n) is 2.81. The van der Waals surface area contributed by atoms with Crippen LogP contribution in [0.15, 0.2) is 24.3 Å². The maximum Gasteiger partial charge on any atom is 0.312 e. The van der Waals surface area contributed by atoms with Crippen molar-refractivity contribution in [2.45, 2.75) is 32.4 Å². The van der Waals surface area contributed by atoms with Crippen molar-refractivity contribution < 1.29 is 9.59 Å². The smallest absolute Gasteiger partial charge is 0.312 e. The van der Waals surface area contributed by atoms with E-state index in [4.69, 9.17) is 5.73 Å². The molecule has 1 saturated heterocycles. The molecule has 0 bridgehead atoms. The molecule has 1 heterocycles. The molecule has 120 valence electrons. The van der Waals surface area contributed by atoms with Crippen LogP contribution in [0.3, 0.4) is 0 Å². The Bertz CT molecular complexity index is 547. The topological polar surface area (TPSA) is 87.5 Å². The molecule has 0 saturated carbocycles. The zero-order chi connectivity index (χ0) is 16.1. The molecular weight excluding hydrogens is 280 g/mol. The summed E-state index contributed by atoms with van der Waals surface area (Å²) in [6.45, 7) is 6.29. The van der Waals surface area contributed by atoms with Gasteiger partial charge in [0.25, 0.3) is 0 Å². The second-order valence-corrected chi connectivity index (χ2v) is 5.82. The maximum atomic E-state index is 12.6. The number of hydrogen-bond donors (Lipinski definition) is 3. The molecule has 6 heteroatoms. The summed E-state index contributed by atoms with van der Waals surface area (Å²) in [7, 11) is 0. The molecule has 1 aromatic carbocycles. The van der Waals surface area contributed by atoms with E-state index in [1.54, 1.807) is 0 Å². The molecule has 1 unspecified atom stereocenters. The van der Waals surface area contributed by atoms with E-state index in [1.165, 1.54) is 0 Å². The zero-order valence-corrected chi connectivity index (χ0v) is 13.1. The number of aryl methyl sites for hydroxylation is 1. The van der Waals surface area contributed by atoms with Crippen molar-refractivity contribution in [3.05, 3.63) is 35.4 Å². The van der Waals surface area contributed by atoms with Crippen LogP contribution < -0.4 is 16.4 Å². The van der Waals surface area contributed by atoms with Crippen molar-refractivity contribution in [1.82, 2.24) is 15.5 Å². The van der Waals surface area contributed by atoms with Crippen LogP contribution in [0.25, 0.3) is 0 Å². The van der Waals surface area contributed by atoms with Gasteiger partial charge in [-0.1, -0.05) is 29.8 Å². The predicted molar refractivity (Wildman–Crippen MR) is 85.3 cm³/mol. The summed E-state index contributed by atoms with van der Waals surface area (Å²) >= 11 is 0. The molecular formula is C16H24N4O2. The summed E-state index contributed by atoms with van der Waals surface area (Å²) in [5.74, 6) is 0.0363. The van der Waals surface area contributed by atoms with Gasteiger partial charge in [0, 0.05) is 25.7 Å². The summed E-state index contributed by atoms with van der Waals surface area (Å²) < 4.78 is 0. The molecule has 3 amide bonds. The number of carbonyl (C=O) groups excluding carboxylic acids is 2. The molecule has 6 nitrogen and oxygen atoms in total. The van der Waals surface area contributed by atoms with Crippen LogP contribution in [0.4, 0.5) is 4.79 Å². The average Bonchev–Trinajstić information content (AvgIpc) is 2.46. The average molecular weight is 304 g/mol. The molecule has 0 aromatic heterocycles. The number of urea groups is 1. The first-order chi connectivity index (χ1) is 10.5. The molecule has 1 fully saturated rings. The van der Waals surface area contributed by atoms with Crippen LogP contribution in [0, 0.1) is 6.92 Å². The minimum Gasteiger partial charge on any atom is -0.352 e. The van der Waals surface area contributed by atoms with E-state index in [9.17, 15) is 9.59 Å². The van der Waals surface area contributed by atoms with Crippen molar-refractivity contribution in [2.24, 2.45) is 5.73 Å². The van der Waals surface area contributed by atoms with E-state index in [0.717, 1.165) is 24.2 Å². The quantitative estimate of drug-likeness (QED) is 0.773. The molecule has 0 radical (unpaired) electrons. The number of carbonyl (C=O) groups is 2. The predicted octanol–water partition coefficient (Wildman–Crippen LogP) is 0.915. The number of benzene rings is 1. The van der Waals surface area contributed by atoms with Crippen LogP contribution >= 0.6 is 0 Å². The van der Waals surface area contributed by atoms with Gasteiger partial charge in [-0.15, -0.1) is 0 Å². The highest BCUT2D eigenvalue weighted by Crippen LogP contribution is 2.20. The highest BCUT2D eigenvalue weighted by molar-refractivity contribution is 5.79. The molecule has 2 atom stereocenters. The summed E-state index contributed by atoms with van der Waals surface area (Å²) in [5, 5.41) is 5.94. The lowest BCUT2D eigenvalue weighted by atomic mass is 10.0. The van der Waals surface area contributed by atoms with E-state index in [-0.39, 0.29) is 18.4 Å². The summed E-state index contributed by atoms with van der Waals surface area (Å²) in [6, 6.07) is 6.91. The van der Waals surface area contributed by atoms with Gasteiger partial charge >= 0.3 is 6.03 Å². The van der Waals surface area contributed by atoms with Gasteiger partial charge < -0.3 is 21.3 Å². The van der Waals surface area contributed by atoms with E-state index in [1.807, 2.05) is 43.0 Å². The van der Waals surface area contributed by atoms with E-state index < -0.39 is 12.1 Å². The van der Waals surface area contributed by atoms with Crippen molar-refractivity contribution >= 4 is 11.9 Å². The van der Waals surface area contributed by atoms with Gasteiger partial charge in [-0.3, -0.25) is 4.79 Å². The third-order valence-electron chi connectivity index (χ3n) is 3.96. The number of rotatable bonds is 4. The van der Waals surface area contributed by atoms with Crippen LogP contribution in [0.2, 0.25) is 0 Å². The van der Waals surface area contributed by atoms with Gasteiger partial charge in [0.05, 0.1) is 12.5 Å². The molecule has 4 N–H and O–H groups in total. The molecule has 1 aliphatic rings. The van der Waals surface area contributed by atoms with Crippen molar-refractivity contribution in [3.8, 4) is 0 Å². The minimum absolute atomic E-state index is 0.0363. The Morgan fingerprint density at radius 2 is 2.27 bits per heavy atom. The lowest BCUT2D eigenvalue weighted by Gasteiger charge is -2.35. The number of primary amides is 1. The van der Waals surface area contributed by atoms with Gasteiger partial charge in [-0.2, -0.15) is 0 Å². The molecule has 1 aromatic rings. The Kier molecular flexibility index (Phi) is 5.38. The first-order valence-corrected chi connectivity index (χ1v) is 7.60. The number of amides is 3. The number of nitrogens with zero attached hydrogens (tertiary/aromatic N) is 1. The highest BCUT2D eigenvalue weighted by Gasteiger charge is 2.26. The third kappa shape index (κ3) is 4.21. The van der Waals surface area contributed by atoms with Crippen molar-refractivity contribution in [3.63, 3.8) is 0 Å². The van der Waals surface area contributed by atoms with Gasteiger partial charge in [0.2, 0.25) is 5.91 Å². The Labute approximate surface area is 131 Å². The molecule has 1 aliphatic heterocycles. The highest BCUT2D eigenvalue weighted by atomic mass is 16.2. The van der Waals surface area contributed by atoms with Gasteiger partial charge in [-0.25, -0.2) is 4.79 Å². The normalized spacial score (nSPS) is 19.5. The summed E-state index contributed by atoms with van der Waals surface area (Å²) in [6.07, 6.45) is 0.219. The molecule has 22 heavy (non-hydrogen) atoms. The van der Waals surface area contributed by atoms with Crippen LogP contribution in [0.1, 0.15) is 30.5 Å². The maximum absolute atomic E-state index is 12.6. The fourth-order valence-corrected chi connectivity index (χ4v) is 2.81. The van der Waals surface area contributed by atoms with Crippen molar-refractivity contribution in [1.29, 1.82) is 0 Å². The second kappa shape index (κ2) is 7.26. The second-order valence-electron chi connectivity index (χ2n) is 5.82. The SMILES string of the molecule is Cc1cccc(C(CC(=O)N2CCNC[C@H]2C)NC(N)=O)c1.